The van der Waals surface area contributed by atoms with Crippen molar-refractivity contribution in [2.24, 2.45) is 0 Å². The Morgan fingerprint density at radius 1 is 0.781 bits per heavy atom. The van der Waals surface area contributed by atoms with Crippen LogP contribution in [0.2, 0.25) is 0 Å². The SMILES string of the molecule is CC.CC.CC.CC.CC(C)(COC=O)Oc1ccc(NC(=O)Nc2ccccc2)cc1. The first-order chi connectivity index (χ1) is 15.5. The van der Waals surface area contributed by atoms with E-state index in [4.69, 9.17) is 9.47 Å². The molecule has 0 atom stereocenters. The van der Waals surface area contributed by atoms with Crippen LogP contribution in [0.3, 0.4) is 0 Å². The van der Waals surface area contributed by atoms with E-state index in [0.717, 1.165) is 0 Å². The first-order valence-electron chi connectivity index (χ1n) is 11.5. The number of hydrogen-bond donors (Lipinski definition) is 2. The molecule has 0 fully saturated rings. The van der Waals surface area contributed by atoms with Crippen molar-refractivity contribution >= 4 is 23.9 Å². The number of amides is 2. The second-order valence-corrected chi connectivity index (χ2v) is 5.74. The lowest BCUT2D eigenvalue weighted by Gasteiger charge is -2.25. The molecule has 182 valence electrons. The van der Waals surface area contributed by atoms with Crippen molar-refractivity contribution in [3.63, 3.8) is 0 Å². The maximum absolute atomic E-state index is 11.9. The molecule has 0 saturated heterocycles. The number of carbonyl (C=O) groups excluding carboxylic acids is 2. The first kappa shape index (κ1) is 33.6. The Morgan fingerprint density at radius 2 is 1.22 bits per heavy atom. The predicted molar refractivity (Wildman–Crippen MR) is 138 cm³/mol. The second kappa shape index (κ2) is 22.7. The Bertz CT molecular complexity index is 672. The van der Waals surface area contributed by atoms with E-state index in [1.165, 1.54) is 0 Å². The molecule has 2 N–H and O–H groups in total. The maximum Gasteiger partial charge on any atom is 0.323 e. The summed E-state index contributed by atoms with van der Waals surface area (Å²) in [5, 5.41) is 5.47. The third kappa shape index (κ3) is 16.7. The van der Waals surface area contributed by atoms with Gasteiger partial charge < -0.3 is 20.1 Å². The van der Waals surface area contributed by atoms with E-state index in [1.54, 1.807) is 36.4 Å². The zero-order valence-corrected chi connectivity index (χ0v) is 21.6. The molecule has 0 unspecified atom stereocenters. The highest BCUT2D eigenvalue weighted by Gasteiger charge is 2.20. The van der Waals surface area contributed by atoms with E-state index in [2.05, 4.69) is 10.6 Å². The van der Waals surface area contributed by atoms with E-state index < -0.39 is 5.60 Å². The van der Waals surface area contributed by atoms with Crippen LogP contribution in [0, 0.1) is 0 Å². The average Bonchev–Trinajstić information content (AvgIpc) is 2.84. The molecule has 0 aliphatic carbocycles. The summed E-state index contributed by atoms with van der Waals surface area (Å²) in [6.07, 6.45) is 0. The quantitative estimate of drug-likeness (QED) is 0.424. The van der Waals surface area contributed by atoms with Crippen molar-refractivity contribution in [1.82, 2.24) is 0 Å². The molecule has 0 radical (unpaired) electrons. The van der Waals surface area contributed by atoms with Gasteiger partial charge in [0, 0.05) is 11.4 Å². The predicted octanol–water partition coefficient (Wildman–Crippen LogP) is 7.77. The van der Waals surface area contributed by atoms with Crippen LogP contribution in [0.25, 0.3) is 0 Å². The molecule has 2 aromatic rings. The second-order valence-electron chi connectivity index (χ2n) is 5.74. The van der Waals surface area contributed by atoms with Gasteiger partial charge in [-0.2, -0.15) is 0 Å². The molecule has 2 rings (SSSR count). The highest BCUT2D eigenvalue weighted by atomic mass is 16.6. The molecule has 6 nitrogen and oxygen atoms in total. The number of hydrogen-bond acceptors (Lipinski definition) is 4. The zero-order chi connectivity index (χ0) is 25.4. The van der Waals surface area contributed by atoms with Crippen molar-refractivity contribution in [2.45, 2.75) is 74.8 Å². The highest BCUT2D eigenvalue weighted by Crippen LogP contribution is 2.21. The Labute approximate surface area is 195 Å². The summed E-state index contributed by atoms with van der Waals surface area (Å²) in [6.45, 7) is 20.2. The molecule has 0 aliphatic rings. The molecule has 2 amide bonds. The minimum Gasteiger partial charge on any atom is -0.484 e. The zero-order valence-electron chi connectivity index (χ0n) is 21.6. The fraction of sp³-hybridized carbons (Fsp3) is 0.462. The summed E-state index contributed by atoms with van der Waals surface area (Å²) in [7, 11) is 0. The normalized spacial score (nSPS) is 8.69. The van der Waals surface area contributed by atoms with E-state index in [1.807, 2.05) is 87.4 Å². The molecular weight excluding hydrogens is 404 g/mol. The summed E-state index contributed by atoms with van der Waals surface area (Å²) >= 11 is 0. The van der Waals surface area contributed by atoms with Gasteiger partial charge in [0.2, 0.25) is 0 Å². The number of urea groups is 1. The van der Waals surface area contributed by atoms with Crippen molar-refractivity contribution in [3.8, 4) is 5.75 Å². The minimum atomic E-state index is -0.638. The van der Waals surface area contributed by atoms with Crippen LogP contribution in [-0.4, -0.2) is 24.7 Å². The van der Waals surface area contributed by atoms with Gasteiger partial charge in [0.15, 0.2) is 0 Å². The molecule has 0 spiro atoms. The smallest absolute Gasteiger partial charge is 0.323 e. The number of nitrogens with one attached hydrogen (secondary N) is 2. The minimum absolute atomic E-state index is 0.149. The number of benzene rings is 2. The van der Waals surface area contributed by atoms with Crippen molar-refractivity contribution in [2.75, 3.05) is 17.2 Å². The summed E-state index contributed by atoms with van der Waals surface area (Å²) in [6, 6.07) is 15.8. The lowest BCUT2D eigenvalue weighted by atomic mass is 10.1. The number of para-hydroxylation sites is 1. The molecule has 6 heteroatoms. The van der Waals surface area contributed by atoms with Crippen LogP contribution in [0.1, 0.15) is 69.2 Å². The van der Waals surface area contributed by atoms with E-state index in [-0.39, 0.29) is 12.6 Å². The summed E-state index contributed by atoms with van der Waals surface area (Å²) in [5.74, 6) is 0.614. The molecule has 2 aromatic carbocycles. The molecule has 0 heterocycles. The fourth-order valence-corrected chi connectivity index (χ4v) is 2.00. The van der Waals surface area contributed by atoms with Gasteiger partial charge in [-0.3, -0.25) is 4.79 Å². The summed E-state index contributed by atoms with van der Waals surface area (Å²) < 4.78 is 10.5. The van der Waals surface area contributed by atoms with Crippen LogP contribution >= 0.6 is 0 Å². The lowest BCUT2D eigenvalue weighted by molar-refractivity contribution is -0.133. The standard InChI is InChI=1S/C18H20N2O4.4C2H6/c1-18(2,12-23-13-21)24-16-10-8-15(9-11-16)20-17(22)19-14-6-4-3-5-7-14;4*1-2/h3-11,13H,12H2,1-2H3,(H2,19,20,22);4*1-2H3. The van der Waals surface area contributed by atoms with Crippen LogP contribution in [0.4, 0.5) is 16.2 Å². The topological polar surface area (TPSA) is 76.7 Å². The Morgan fingerprint density at radius 3 is 1.66 bits per heavy atom. The summed E-state index contributed by atoms with van der Waals surface area (Å²) in [4.78, 5) is 22.2. The lowest BCUT2D eigenvalue weighted by Crippen LogP contribution is -2.33. The van der Waals surface area contributed by atoms with E-state index in [9.17, 15) is 9.59 Å². The van der Waals surface area contributed by atoms with Crippen molar-refractivity contribution in [3.05, 3.63) is 54.6 Å². The van der Waals surface area contributed by atoms with Gasteiger partial charge in [-0.05, 0) is 50.2 Å². The number of ether oxygens (including phenoxy) is 2. The van der Waals surface area contributed by atoms with Gasteiger partial charge in [-0.1, -0.05) is 73.6 Å². The molecule has 0 bridgehead atoms. The molecular formula is C26H44N2O4. The van der Waals surface area contributed by atoms with Gasteiger partial charge >= 0.3 is 6.03 Å². The molecule has 32 heavy (non-hydrogen) atoms. The number of rotatable bonds is 7. The number of carbonyl (C=O) groups is 2. The number of anilines is 2. The van der Waals surface area contributed by atoms with Crippen molar-refractivity contribution in [1.29, 1.82) is 0 Å². The third-order valence-electron chi connectivity index (χ3n) is 3.04. The molecule has 0 aliphatic heterocycles. The Hall–Kier alpha value is -3.02. The largest absolute Gasteiger partial charge is 0.484 e. The van der Waals surface area contributed by atoms with Gasteiger partial charge in [-0.15, -0.1) is 0 Å². The monoisotopic (exact) mass is 448 g/mol. The van der Waals surface area contributed by atoms with E-state index in [0.29, 0.717) is 23.6 Å². The van der Waals surface area contributed by atoms with E-state index >= 15 is 0 Å². The fourth-order valence-electron chi connectivity index (χ4n) is 2.00. The van der Waals surface area contributed by atoms with Gasteiger partial charge in [0.05, 0.1) is 0 Å². The molecule has 0 saturated carbocycles. The highest BCUT2D eigenvalue weighted by molar-refractivity contribution is 5.99. The average molecular weight is 449 g/mol. The maximum atomic E-state index is 11.9. The van der Waals surface area contributed by atoms with Crippen LogP contribution in [0.5, 0.6) is 5.75 Å². The Balaban J connectivity index is -0.000000945. The first-order valence-corrected chi connectivity index (χ1v) is 11.5. The van der Waals surface area contributed by atoms with Crippen LogP contribution in [0.15, 0.2) is 54.6 Å². The van der Waals surface area contributed by atoms with Gasteiger partial charge in [-0.25, -0.2) is 4.79 Å². The molecule has 0 aromatic heterocycles. The van der Waals surface area contributed by atoms with Crippen LogP contribution < -0.4 is 15.4 Å². The van der Waals surface area contributed by atoms with Crippen LogP contribution in [-0.2, 0) is 9.53 Å². The summed E-state index contributed by atoms with van der Waals surface area (Å²) in [5.41, 5.74) is 0.713. The Kier molecular flexibility index (Phi) is 23.8. The van der Waals surface area contributed by atoms with Gasteiger partial charge in [0.1, 0.15) is 18.0 Å². The third-order valence-corrected chi connectivity index (χ3v) is 3.04. The van der Waals surface area contributed by atoms with Gasteiger partial charge in [0.25, 0.3) is 6.47 Å². The van der Waals surface area contributed by atoms with Crippen molar-refractivity contribution < 1.29 is 19.1 Å².